The first kappa shape index (κ1) is 23.0. The van der Waals surface area contributed by atoms with Crippen molar-refractivity contribution in [3.63, 3.8) is 0 Å². The molecule has 34 heavy (non-hydrogen) atoms. The molecule has 0 spiro atoms. The fraction of sp³-hybridized carbons (Fsp3) is 0.160. The number of carbonyl (C=O) groups is 2. The number of fused-ring (bicyclic) bond motifs is 1. The number of aromatic nitrogens is 2. The van der Waals surface area contributed by atoms with Crippen LogP contribution in [0.25, 0.3) is 11.1 Å². The number of furan rings is 1. The SMILES string of the molecule is Cc1oc2nc(SC(C)C(=O)Nc3cccc(C#N)c3)nc(NC(=O)c3ccccc3)c2c1C. The van der Waals surface area contributed by atoms with Crippen LogP contribution in [0.4, 0.5) is 11.5 Å². The largest absolute Gasteiger partial charge is 0.443 e. The van der Waals surface area contributed by atoms with Crippen LogP contribution < -0.4 is 10.6 Å². The molecule has 2 N–H and O–H groups in total. The van der Waals surface area contributed by atoms with Gasteiger partial charge in [-0.15, -0.1) is 0 Å². The lowest BCUT2D eigenvalue weighted by Gasteiger charge is -2.12. The molecular formula is C25H21N5O3S. The number of hydrogen-bond acceptors (Lipinski definition) is 7. The molecule has 0 aliphatic heterocycles. The summed E-state index contributed by atoms with van der Waals surface area (Å²) in [6.07, 6.45) is 0. The zero-order valence-electron chi connectivity index (χ0n) is 18.7. The first-order valence-corrected chi connectivity index (χ1v) is 11.4. The van der Waals surface area contributed by atoms with Gasteiger partial charge in [-0.2, -0.15) is 10.2 Å². The second-order valence-electron chi connectivity index (χ2n) is 7.58. The molecule has 2 amide bonds. The normalized spacial score (nSPS) is 11.6. The van der Waals surface area contributed by atoms with Crippen molar-refractivity contribution >= 4 is 46.2 Å². The van der Waals surface area contributed by atoms with Crippen LogP contribution in [0.1, 0.15) is 34.2 Å². The molecule has 1 atom stereocenters. The standard InChI is InChI=1S/C25H21N5O3S/c1-14-15(2)33-24-20(14)21(28-23(32)18-9-5-4-6-10-18)29-25(30-24)34-16(3)22(31)27-19-11-7-8-17(12-19)13-26/h4-12,16H,1-3H3,(H,27,31)(H,28,29,30,32). The van der Waals surface area contributed by atoms with Crippen molar-refractivity contribution in [1.29, 1.82) is 5.26 Å². The number of thioether (sulfide) groups is 1. The van der Waals surface area contributed by atoms with Crippen LogP contribution in [0, 0.1) is 25.2 Å². The van der Waals surface area contributed by atoms with Gasteiger partial charge in [-0.05, 0) is 51.1 Å². The Kier molecular flexibility index (Phi) is 6.61. The summed E-state index contributed by atoms with van der Waals surface area (Å²) < 4.78 is 5.78. The van der Waals surface area contributed by atoms with Gasteiger partial charge in [0.15, 0.2) is 5.16 Å². The van der Waals surface area contributed by atoms with Crippen LogP contribution in [-0.2, 0) is 4.79 Å². The first-order valence-electron chi connectivity index (χ1n) is 10.5. The average molecular weight is 472 g/mol. The number of nitrogens with one attached hydrogen (secondary N) is 2. The van der Waals surface area contributed by atoms with Crippen molar-refractivity contribution in [1.82, 2.24) is 9.97 Å². The quantitative estimate of drug-likeness (QED) is 0.297. The molecule has 2 aromatic carbocycles. The summed E-state index contributed by atoms with van der Waals surface area (Å²) in [5, 5.41) is 15.1. The summed E-state index contributed by atoms with van der Waals surface area (Å²) in [5.41, 5.74) is 2.65. The highest BCUT2D eigenvalue weighted by molar-refractivity contribution is 8.00. The van der Waals surface area contributed by atoms with Crippen molar-refractivity contribution in [2.75, 3.05) is 10.6 Å². The molecule has 0 bridgehead atoms. The highest BCUT2D eigenvalue weighted by atomic mass is 32.2. The summed E-state index contributed by atoms with van der Waals surface area (Å²) >= 11 is 1.14. The number of carbonyl (C=O) groups excluding carboxylic acids is 2. The highest BCUT2D eigenvalue weighted by Crippen LogP contribution is 2.32. The van der Waals surface area contributed by atoms with Gasteiger partial charge in [-0.25, -0.2) is 4.98 Å². The van der Waals surface area contributed by atoms with Gasteiger partial charge < -0.3 is 15.1 Å². The molecule has 2 heterocycles. The van der Waals surface area contributed by atoms with E-state index < -0.39 is 5.25 Å². The molecule has 4 aromatic rings. The van der Waals surface area contributed by atoms with Gasteiger partial charge in [0.25, 0.3) is 5.91 Å². The number of nitrogens with zero attached hydrogens (tertiary/aromatic N) is 3. The van der Waals surface area contributed by atoms with Gasteiger partial charge >= 0.3 is 0 Å². The lowest BCUT2D eigenvalue weighted by atomic mass is 10.2. The fourth-order valence-electron chi connectivity index (χ4n) is 3.26. The minimum Gasteiger partial charge on any atom is -0.443 e. The van der Waals surface area contributed by atoms with Crippen molar-refractivity contribution < 1.29 is 14.0 Å². The Hall–Kier alpha value is -4.16. The summed E-state index contributed by atoms with van der Waals surface area (Å²) in [4.78, 5) is 34.5. The number of aryl methyl sites for hydroxylation is 2. The van der Waals surface area contributed by atoms with Crippen molar-refractivity contribution in [3.05, 3.63) is 77.0 Å². The molecule has 0 radical (unpaired) electrons. The Labute approximate surface area is 200 Å². The maximum absolute atomic E-state index is 12.8. The Bertz CT molecular complexity index is 1430. The Balaban J connectivity index is 1.59. The van der Waals surface area contributed by atoms with E-state index in [-0.39, 0.29) is 17.0 Å². The zero-order chi connectivity index (χ0) is 24.2. The molecule has 0 saturated carbocycles. The third-order valence-corrected chi connectivity index (χ3v) is 6.15. The topological polar surface area (TPSA) is 121 Å². The predicted molar refractivity (Wildman–Crippen MR) is 131 cm³/mol. The molecule has 0 aliphatic carbocycles. The third kappa shape index (κ3) is 4.92. The van der Waals surface area contributed by atoms with Gasteiger partial charge in [0.2, 0.25) is 11.6 Å². The number of benzene rings is 2. The molecule has 0 saturated heterocycles. The first-order chi connectivity index (χ1) is 16.4. The van der Waals surface area contributed by atoms with E-state index in [0.717, 1.165) is 17.3 Å². The number of hydrogen-bond donors (Lipinski definition) is 2. The molecule has 0 aliphatic rings. The number of anilines is 2. The minimum absolute atomic E-state index is 0.273. The molecule has 9 heteroatoms. The van der Waals surface area contributed by atoms with E-state index >= 15 is 0 Å². The molecule has 4 rings (SSSR count). The van der Waals surface area contributed by atoms with Crippen LogP contribution in [-0.4, -0.2) is 27.0 Å². The van der Waals surface area contributed by atoms with E-state index in [1.807, 2.05) is 26.0 Å². The van der Waals surface area contributed by atoms with E-state index in [4.69, 9.17) is 9.68 Å². The van der Waals surface area contributed by atoms with E-state index in [1.165, 1.54) is 0 Å². The lowest BCUT2D eigenvalue weighted by molar-refractivity contribution is -0.115. The van der Waals surface area contributed by atoms with Crippen molar-refractivity contribution in [3.8, 4) is 6.07 Å². The van der Waals surface area contributed by atoms with Gasteiger partial charge in [-0.3, -0.25) is 9.59 Å². The maximum Gasteiger partial charge on any atom is 0.256 e. The second kappa shape index (κ2) is 9.77. The molecule has 1 unspecified atom stereocenters. The van der Waals surface area contributed by atoms with E-state index in [9.17, 15) is 9.59 Å². The number of rotatable bonds is 6. The minimum atomic E-state index is -0.557. The van der Waals surface area contributed by atoms with Gasteiger partial charge in [0.05, 0.1) is 22.3 Å². The number of amides is 2. The van der Waals surface area contributed by atoms with Crippen LogP contribution in [0.15, 0.2) is 64.2 Å². The van der Waals surface area contributed by atoms with Crippen LogP contribution in [0.5, 0.6) is 0 Å². The average Bonchev–Trinajstić information content (AvgIpc) is 3.12. The Morgan fingerprint density at radius 2 is 1.82 bits per heavy atom. The van der Waals surface area contributed by atoms with E-state index in [2.05, 4.69) is 20.6 Å². The monoisotopic (exact) mass is 471 g/mol. The molecule has 0 fully saturated rings. The van der Waals surface area contributed by atoms with Crippen LogP contribution >= 0.6 is 11.8 Å². The van der Waals surface area contributed by atoms with Gasteiger partial charge in [0, 0.05) is 16.8 Å². The van der Waals surface area contributed by atoms with E-state index in [0.29, 0.717) is 39.5 Å². The van der Waals surface area contributed by atoms with E-state index in [1.54, 1.807) is 55.5 Å². The second-order valence-corrected chi connectivity index (χ2v) is 8.89. The Morgan fingerprint density at radius 1 is 1.06 bits per heavy atom. The van der Waals surface area contributed by atoms with Crippen LogP contribution in [0.2, 0.25) is 0 Å². The lowest BCUT2D eigenvalue weighted by Crippen LogP contribution is -2.22. The van der Waals surface area contributed by atoms with Crippen molar-refractivity contribution in [2.24, 2.45) is 0 Å². The van der Waals surface area contributed by atoms with Crippen LogP contribution in [0.3, 0.4) is 0 Å². The molecular weight excluding hydrogens is 450 g/mol. The maximum atomic E-state index is 12.8. The third-order valence-electron chi connectivity index (χ3n) is 5.19. The highest BCUT2D eigenvalue weighted by Gasteiger charge is 2.22. The Morgan fingerprint density at radius 3 is 2.56 bits per heavy atom. The van der Waals surface area contributed by atoms with Gasteiger partial charge in [-0.1, -0.05) is 36.0 Å². The fourth-order valence-corrected chi connectivity index (χ4v) is 4.03. The molecule has 170 valence electrons. The zero-order valence-corrected chi connectivity index (χ0v) is 19.6. The smallest absolute Gasteiger partial charge is 0.256 e. The summed E-state index contributed by atoms with van der Waals surface area (Å²) in [6.45, 7) is 5.42. The predicted octanol–water partition coefficient (Wildman–Crippen LogP) is 5.08. The van der Waals surface area contributed by atoms with Gasteiger partial charge in [0.1, 0.15) is 11.6 Å². The number of nitriles is 1. The summed E-state index contributed by atoms with van der Waals surface area (Å²) in [7, 11) is 0. The molecule has 8 nitrogen and oxygen atoms in total. The van der Waals surface area contributed by atoms with Crippen molar-refractivity contribution in [2.45, 2.75) is 31.2 Å². The summed E-state index contributed by atoms with van der Waals surface area (Å²) in [6, 6.07) is 17.5. The molecule has 2 aromatic heterocycles. The summed E-state index contributed by atoms with van der Waals surface area (Å²) in [5.74, 6) is 0.415.